The molecule has 0 amide bonds. The van der Waals surface area contributed by atoms with E-state index in [9.17, 15) is 22.4 Å². The monoisotopic (exact) mass is 258 g/mol. The van der Waals surface area contributed by atoms with Crippen LogP contribution in [0.2, 0.25) is 0 Å². The van der Waals surface area contributed by atoms with Gasteiger partial charge in [0.05, 0.1) is 5.56 Å². The highest BCUT2D eigenvalue weighted by Crippen LogP contribution is 2.37. The van der Waals surface area contributed by atoms with E-state index in [1.165, 1.54) is 30.3 Å². The highest BCUT2D eigenvalue weighted by atomic mass is 19.4. The van der Waals surface area contributed by atoms with Crippen molar-refractivity contribution in [3.8, 4) is 5.75 Å². The van der Waals surface area contributed by atoms with Gasteiger partial charge < -0.3 is 4.74 Å². The van der Waals surface area contributed by atoms with Gasteiger partial charge in [0.2, 0.25) is 0 Å². The van der Waals surface area contributed by atoms with Gasteiger partial charge in [-0.3, -0.25) is 0 Å². The normalized spacial score (nSPS) is 11.6. The first-order valence-electron chi connectivity index (χ1n) is 4.86. The fourth-order valence-corrected chi connectivity index (χ4v) is 1.70. The van der Waals surface area contributed by atoms with Crippen molar-refractivity contribution in [3.05, 3.63) is 42.0 Å². The van der Waals surface area contributed by atoms with E-state index in [2.05, 4.69) is 4.74 Å². The third kappa shape index (κ3) is 2.27. The molecule has 2 aromatic rings. The Morgan fingerprint density at radius 1 is 1.00 bits per heavy atom. The van der Waals surface area contributed by atoms with Gasteiger partial charge in [0.25, 0.3) is 0 Å². The van der Waals surface area contributed by atoms with Crippen LogP contribution in [0.15, 0.2) is 36.4 Å². The highest BCUT2D eigenvalue weighted by Gasteiger charge is 2.32. The largest absolute Gasteiger partial charge is 0.500 e. The third-order valence-electron chi connectivity index (χ3n) is 2.38. The summed E-state index contributed by atoms with van der Waals surface area (Å²) in [6.45, 7) is 0. The number of carbonyl (C=O) groups excluding carboxylic acids is 1. The topological polar surface area (TPSA) is 26.3 Å². The minimum Gasteiger partial charge on any atom is -0.400 e. The minimum atomic E-state index is -4.53. The number of carbonyl (C=O) groups is 1. The molecule has 2 rings (SSSR count). The third-order valence-corrected chi connectivity index (χ3v) is 2.38. The maximum atomic E-state index is 12.7. The molecular weight excluding hydrogens is 252 g/mol. The maximum absolute atomic E-state index is 12.7. The van der Waals surface area contributed by atoms with E-state index in [0.29, 0.717) is 0 Å². The number of halogens is 4. The van der Waals surface area contributed by atoms with Gasteiger partial charge in [-0.05, 0) is 17.5 Å². The lowest BCUT2D eigenvalue weighted by molar-refractivity contribution is -0.136. The van der Waals surface area contributed by atoms with Crippen LogP contribution < -0.4 is 4.74 Å². The van der Waals surface area contributed by atoms with Crippen molar-refractivity contribution in [2.45, 2.75) is 6.18 Å². The average Bonchev–Trinajstić information content (AvgIpc) is 2.26. The van der Waals surface area contributed by atoms with Crippen molar-refractivity contribution in [1.82, 2.24) is 0 Å². The number of hydrogen-bond acceptors (Lipinski definition) is 2. The van der Waals surface area contributed by atoms with Gasteiger partial charge in [-0.2, -0.15) is 13.2 Å². The Labute approximate surface area is 98.8 Å². The summed E-state index contributed by atoms with van der Waals surface area (Å²) in [6.07, 6.45) is -6.60. The molecule has 0 saturated carbocycles. The van der Waals surface area contributed by atoms with E-state index >= 15 is 0 Å². The van der Waals surface area contributed by atoms with Crippen LogP contribution in [0.4, 0.5) is 22.4 Å². The van der Waals surface area contributed by atoms with Crippen molar-refractivity contribution < 1.29 is 27.1 Å². The molecule has 0 heterocycles. The van der Waals surface area contributed by atoms with Gasteiger partial charge in [-0.15, -0.1) is 4.39 Å². The summed E-state index contributed by atoms with van der Waals surface area (Å²) < 4.78 is 54.6. The number of rotatable bonds is 1. The summed E-state index contributed by atoms with van der Waals surface area (Å²) in [6, 6.07) is 7.11. The first-order chi connectivity index (χ1) is 8.39. The van der Waals surface area contributed by atoms with Crippen LogP contribution in [0, 0.1) is 0 Å². The lowest BCUT2D eigenvalue weighted by Gasteiger charge is -2.11. The molecule has 0 atom stereocenters. The lowest BCUT2D eigenvalue weighted by Crippen LogP contribution is -2.06. The molecule has 2 nitrogen and oxygen atoms in total. The zero-order chi connectivity index (χ0) is 13.3. The molecule has 0 unspecified atom stereocenters. The Bertz CT molecular complexity index is 605. The molecule has 0 aliphatic heterocycles. The zero-order valence-electron chi connectivity index (χ0n) is 8.79. The van der Waals surface area contributed by atoms with Crippen LogP contribution in [-0.2, 0) is 6.18 Å². The van der Waals surface area contributed by atoms with Gasteiger partial charge in [0.1, 0.15) is 5.75 Å². The number of fused-ring (bicyclic) bond motifs is 1. The molecule has 0 aromatic heterocycles. The predicted octanol–water partition coefficient (Wildman–Crippen LogP) is 4.33. The Kier molecular flexibility index (Phi) is 2.94. The molecule has 0 aliphatic carbocycles. The number of alkyl halides is 3. The summed E-state index contributed by atoms with van der Waals surface area (Å²) in [5.41, 5.74) is -0.864. The van der Waals surface area contributed by atoms with Crippen molar-refractivity contribution in [2.24, 2.45) is 0 Å². The van der Waals surface area contributed by atoms with E-state index in [1.807, 2.05) is 0 Å². The molecule has 94 valence electrons. The molecule has 0 bridgehead atoms. The van der Waals surface area contributed by atoms with Crippen molar-refractivity contribution in [3.63, 3.8) is 0 Å². The van der Waals surface area contributed by atoms with Crippen LogP contribution in [0.5, 0.6) is 5.75 Å². The molecule has 0 fully saturated rings. The summed E-state index contributed by atoms with van der Waals surface area (Å²) in [5, 5.41) is -0.123. The highest BCUT2D eigenvalue weighted by molar-refractivity contribution is 5.92. The van der Waals surface area contributed by atoms with E-state index in [1.54, 1.807) is 0 Å². The predicted molar refractivity (Wildman–Crippen MR) is 56.1 cm³/mol. The Balaban J connectivity index is 2.69. The second-order valence-electron chi connectivity index (χ2n) is 3.49. The molecule has 0 N–H and O–H groups in total. The van der Waals surface area contributed by atoms with Crippen LogP contribution in [0.3, 0.4) is 0 Å². The Morgan fingerprint density at radius 2 is 1.61 bits per heavy atom. The minimum absolute atomic E-state index is 0.0262. The fourth-order valence-electron chi connectivity index (χ4n) is 1.70. The number of benzene rings is 2. The summed E-state index contributed by atoms with van der Waals surface area (Å²) in [7, 11) is 0. The van der Waals surface area contributed by atoms with Crippen molar-refractivity contribution in [2.75, 3.05) is 0 Å². The maximum Gasteiger partial charge on any atom is 0.500 e. The van der Waals surface area contributed by atoms with Crippen molar-refractivity contribution in [1.29, 1.82) is 0 Å². The number of ether oxygens (including phenoxy) is 1. The van der Waals surface area contributed by atoms with E-state index in [4.69, 9.17) is 0 Å². The molecule has 0 radical (unpaired) electrons. The quantitative estimate of drug-likeness (QED) is 0.562. The number of hydrogen-bond donors (Lipinski definition) is 0. The van der Waals surface area contributed by atoms with Gasteiger partial charge in [0, 0.05) is 5.39 Å². The molecule has 0 aliphatic rings. The molecule has 18 heavy (non-hydrogen) atoms. The van der Waals surface area contributed by atoms with E-state index in [-0.39, 0.29) is 16.5 Å². The summed E-state index contributed by atoms with van der Waals surface area (Å²) in [4.78, 5) is 10.2. The Hall–Kier alpha value is -2.11. The molecule has 0 saturated heterocycles. The summed E-state index contributed by atoms with van der Waals surface area (Å²) in [5.74, 6) is -0.244. The molecule has 0 spiro atoms. The van der Waals surface area contributed by atoms with E-state index in [0.717, 1.165) is 6.07 Å². The van der Waals surface area contributed by atoms with E-state index < -0.39 is 18.0 Å². The van der Waals surface area contributed by atoms with Gasteiger partial charge in [0.15, 0.2) is 0 Å². The van der Waals surface area contributed by atoms with Crippen LogP contribution >= 0.6 is 0 Å². The first-order valence-corrected chi connectivity index (χ1v) is 4.86. The SMILES string of the molecule is O=C(F)Oc1cccc2c(C(F)(F)F)cccc12. The average molecular weight is 258 g/mol. The molecule has 2 aromatic carbocycles. The second-order valence-corrected chi connectivity index (χ2v) is 3.49. The van der Waals surface area contributed by atoms with Crippen molar-refractivity contribution >= 4 is 17.0 Å². The van der Waals surface area contributed by atoms with Gasteiger partial charge in [-0.1, -0.05) is 24.3 Å². The standard InChI is InChI=1S/C12H6F4O2/c13-11(17)18-10-6-2-3-7-8(10)4-1-5-9(7)12(14,15)16/h1-6H. The fraction of sp³-hybridized carbons (Fsp3) is 0.0833. The lowest BCUT2D eigenvalue weighted by atomic mass is 10.0. The second kappa shape index (κ2) is 4.29. The van der Waals surface area contributed by atoms with Gasteiger partial charge in [-0.25, -0.2) is 4.79 Å². The van der Waals surface area contributed by atoms with Crippen LogP contribution in [0.25, 0.3) is 10.8 Å². The summed E-state index contributed by atoms with van der Waals surface area (Å²) >= 11 is 0. The van der Waals surface area contributed by atoms with Gasteiger partial charge >= 0.3 is 12.4 Å². The van der Waals surface area contributed by atoms with Crippen LogP contribution in [0.1, 0.15) is 5.56 Å². The zero-order valence-corrected chi connectivity index (χ0v) is 8.79. The smallest absolute Gasteiger partial charge is 0.400 e. The Morgan fingerprint density at radius 3 is 2.22 bits per heavy atom. The molecular formula is C12H6F4O2. The molecule has 6 heteroatoms. The first kappa shape index (κ1) is 12.3. The van der Waals surface area contributed by atoms with Crippen LogP contribution in [-0.4, -0.2) is 6.22 Å².